The molecule has 0 spiro atoms. The average Bonchev–Trinajstić information content (AvgIpc) is 3.73. The van der Waals surface area contributed by atoms with E-state index in [1.54, 1.807) is 0 Å². The van der Waals surface area contributed by atoms with Crippen LogP contribution in [0, 0.1) is 0 Å². The van der Waals surface area contributed by atoms with Crippen LogP contribution in [0.25, 0.3) is 82.8 Å². The van der Waals surface area contributed by atoms with Gasteiger partial charge in [0.05, 0.1) is 39.7 Å². The highest BCUT2D eigenvalue weighted by molar-refractivity contribution is 6.13. The van der Waals surface area contributed by atoms with Crippen LogP contribution in [0.3, 0.4) is 0 Å². The summed E-state index contributed by atoms with van der Waals surface area (Å²) in [5, 5.41) is 6.10. The van der Waals surface area contributed by atoms with Crippen molar-refractivity contribution in [3.63, 3.8) is 0 Å². The van der Waals surface area contributed by atoms with Crippen molar-refractivity contribution in [2.24, 2.45) is 9.98 Å². The second-order valence-corrected chi connectivity index (χ2v) is 17.5. The van der Waals surface area contributed by atoms with Gasteiger partial charge in [-0.25, -0.2) is 9.98 Å². The van der Waals surface area contributed by atoms with Gasteiger partial charge < -0.3 is 4.57 Å². The lowest BCUT2D eigenvalue weighted by atomic mass is 9.92. The van der Waals surface area contributed by atoms with Gasteiger partial charge in [0.15, 0.2) is 5.84 Å². The predicted molar refractivity (Wildman–Crippen MR) is 280 cm³/mol. The Kier molecular flexibility index (Phi) is 10.4. The van der Waals surface area contributed by atoms with E-state index >= 15 is 0 Å². The number of nitrogens with zero attached hydrogens (tertiary/aromatic N) is 5. The maximum absolute atomic E-state index is 5.47. The van der Waals surface area contributed by atoms with Crippen molar-refractivity contribution in [2.75, 3.05) is 0 Å². The second-order valence-electron chi connectivity index (χ2n) is 17.5. The summed E-state index contributed by atoms with van der Waals surface area (Å²) in [6, 6.07) is 73.8. The number of aromatic nitrogens is 3. The minimum absolute atomic E-state index is 0.0142. The number of para-hydroxylation sites is 2. The van der Waals surface area contributed by atoms with Gasteiger partial charge in [-0.2, -0.15) is 0 Å². The standard InChI is InChI=1S/C62H47N5/c1-2-50-51(58-20-10-11-37-63-58)35-33-41-25-31-46(39-54(41)50)47-32-30-45-34-36-57(64-59(45)40-47)44-28-26-43(27-29-44)56-22-13-21-55(42-14-4-3-5-15-42)65-62(66-56)48-16-12-17-49(38-48)67-60-23-8-6-18-52(60)53-19-7-9-24-61(53)67/h3-12,14-20,23-40,55H,2,13,21-22H2,1H3. The highest BCUT2D eigenvalue weighted by Crippen LogP contribution is 2.36. The molecule has 8 aromatic carbocycles. The van der Waals surface area contributed by atoms with Crippen molar-refractivity contribution in [2.45, 2.75) is 38.6 Å². The van der Waals surface area contributed by atoms with Crippen LogP contribution in [0.15, 0.2) is 222 Å². The number of hydrogen-bond acceptors (Lipinski definition) is 4. The van der Waals surface area contributed by atoms with Gasteiger partial charge in [0, 0.05) is 44.7 Å². The van der Waals surface area contributed by atoms with Gasteiger partial charge in [-0.05, 0) is 119 Å². The lowest BCUT2D eigenvalue weighted by molar-refractivity contribution is 0.622. The van der Waals surface area contributed by atoms with Crippen molar-refractivity contribution in [1.82, 2.24) is 14.5 Å². The quantitative estimate of drug-likeness (QED) is 0.153. The molecule has 12 rings (SSSR count). The molecule has 1 unspecified atom stereocenters. The number of aryl methyl sites for hydroxylation is 1. The Morgan fingerprint density at radius 1 is 0.522 bits per heavy atom. The van der Waals surface area contributed by atoms with Gasteiger partial charge >= 0.3 is 0 Å². The van der Waals surface area contributed by atoms with E-state index in [1.807, 2.05) is 12.3 Å². The minimum atomic E-state index is 0.0142. The third kappa shape index (κ3) is 7.58. The van der Waals surface area contributed by atoms with Crippen molar-refractivity contribution in [1.29, 1.82) is 0 Å². The molecular weight excluding hydrogens is 815 g/mol. The fraction of sp³-hybridized carbons (Fsp3) is 0.0968. The first-order chi connectivity index (χ1) is 33.1. The molecule has 0 aliphatic carbocycles. The molecule has 1 aliphatic heterocycles. The fourth-order valence-electron chi connectivity index (χ4n) is 10.1. The molecule has 3 aromatic heterocycles. The number of aliphatic imine (C=N–C) groups is 2. The highest BCUT2D eigenvalue weighted by atomic mass is 15.0. The van der Waals surface area contributed by atoms with E-state index in [2.05, 4.69) is 217 Å². The molecule has 320 valence electrons. The summed E-state index contributed by atoms with van der Waals surface area (Å²) in [7, 11) is 0. The maximum Gasteiger partial charge on any atom is 0.155 e. The molecule has 4 heterocycles. The van der Waals surface area contributed by atoms with E-state index in [4.69, 9.17) is 15.0 Å². The predicted octanol–water partition coefficient (Wildman–Crippen LogP) is 15.6. The molecule has 0 radical (unpaired) electrons. The van der Waals surface area contributed by atoms with E-state index in [9.17, 15) is 0 Å². The smallest absolute Gasteiger partial charge is 0.155 e. The number of benzene rings is 8. The molecule has 1 atom stereocenters. The van der Waals surface area contributed by atoms with Crippen LogP contribution in [0.2, 0.25) is 0 Å². The van der Waals surface area contributed by atoms with Crippen molar-refractivity contribution < 1.29 is 0 Å². The number of amidine groups is 1. The van der Waals surface area contributed by atoms with Crippen molar-refractivity contribution in [3.05, 3.63) is 235 Å². The molecule has 0 bridgehead atoms. The summed E-state index contributed by atoms with van der Waals surface area (Å²) < 4.78 is 2.36. The normalized spacial score (nSPS) is 14.3. The number of fused-ring (bicyclic) bond motifs is 5. The van der Waals surface area contributed by atoms with Crippen LogP contribution in [0.1, 0.15) is 54.5 Å². The van der Waals surface area contributed by atoms with Crippen LogP contribution in [0.5, 0.6) is 0 Å². The molecule has 1 aliphatic rings. The van der Waals surface area contributed by atoms with Gasteiger partial charge in [-0.3, -0.25) is 9.98 Å². The van der Waals surface area contributed by atoms with Crippen LogP contribution in [-0.2, 0) is 6.42 Å². The lowest BCUT2D eigenvalue weighted by Crippen LogP contribution is -2.13. The molecule has 0 fully saturated rings. The largest absolute Gasteiger partial charge is 0.309 e. The first-order valence-corrected chi connectivity index (χ1v) is 23.4. The third-order valence-corrected chi connectivity index (χ3v) is 13.5. The Morgan fingerprint density at radius 3 is 1.99 bits per heavy atom. The van der Waals surface area contributed by atoms with E-state index in [1.165, 1.54) is 54.8 Å². The summed E-state index contributed by atoms with van der Waals surface area (Å²) in [4.78, 5) is 20.9. The average molecular weight is 862 g/mol. The van der Waals surface area contributed by atoms with Gasteiger partial charge in [-0.1, -0.05) is 159 Å². The van der Waals surface area contributed by atoms with Gasteiger partial charge in [0.2, 0.25) is 0 Å². The molecule has 0 amide bonds. The highest BCUT2D eigenvalue weighted by Gasteiger charge is 2.20. The second kappa shape index (κ2) is 17.3. The van der Waals surface area contributed by atoms with Gasteiger partial charge in [0.1, 0.15) is 0 Å². The van der Waals surface area contributed by atoms with Crippen LogP contribution in [-0.4, -0.2) is 26.1 Å². The zero-order valence-corrected chi connectivity index (χ0v) is 37.3. The lowest BCUT2D eigenvalue weighted by Gasteiger charge is -2.19. The van der Waals surface area contributed by atoms with Gasteiger partial charge in [0.25, 0.3) is 0 Å². The van der Waals surface area contributed by atoms with E-state index < -0.39 is 0 Å². The zero-order valence-electron chi connectivity index (χ0n) is 37.3. The number of pyridine rings is 2. The summed E-state index contributed by atoms with van der Waals surface area (Å²) in [5.74, 6) is 0.758. The molecule has 0 saturated carbocycles. The van der Waals surface area contributed by atoms with Crippen molar-refractivity contribution in [3.8, 4) is 39.3 Å². The molecule has 5 nitrogen and oxygen atoms in total. The van der Waals surface area contributed by atoms with E-state index in [0.717, 1.165) is 87.5 Å². The Balaban J connectivity index is 0.883. The molecule has 0 N–H and O–H groups in total. The van der Waals surface area contributed by atoms with Crippen LogP contribution >= 0.6 is 0 Å². The SMILES string of the molecule is CCc1c(-c2ccccn2)ccc2ccc(-c3ccc4ccc(-c5ccc(C6=NC(c7cccc(-n8c9ccccc9c9ccccc98)c7)=NC(c7ccccc7)CCC6)cc5)nc4c3)cc12. The molecule has 11 aromatic rings. The first kappa shape index (κ1) is 40.2. The number of hydrogen-bond donors (Lipinski definition) is 0. The number of rotatable bonds is 8. The summed E-state index contributed by atoms with van der Waals surface area (Å²) in [6.45, 7) is 2.23. The summed E-state index contributed by atoms with van der Waals surface area (Å²) in [6.07, 6.45) is 5.56. The Hall–Kier alpha value is -8.28. The van der Waals surface area contributed by atoms with E-state index in [-0.39, 0.29) is 6.04 Å². The summed E-state index contributed by atoms with van der Waals surface area (Å²) in [5.41, 5.74) is 16.6. The third-order valence-electron chi connectivity index (χ3n) is 13.5. The monoisotopic (exact) mass is 861 g/mol. The maximum atomic E-state index is 5.47. The fourth-order valence-corrected chi connectivity index (χ4v) is 10.1. The molecular formula is C62H47N5. The zero-order chi connectivity index (χ0) is 44.7. The molecule has 5 heteroatoms. The topological polar surface area (TPSA) is 55.4 Å². The van der Waals surface area contributed by atoms with E-state index in [0.29, 0.717) is 0 Å². The molecule has 67 heavy (non-hydrogen) atoms. The van der Waals surface area contributed by atoms with Crippen LogP contribution < -0.4 is 0 Å². The Morgan fingerprint density at radius 2 is 1.21 bits per heavy atom. The Labute approximate surface area is 390 Å². The van der Waals surface area contributed by atoms with Gasteiger partial charge in [-0.15, -0.1) is 0 Å². The first-order valence-electron chi connectivity index (χ1n) is 23.4. The Bertz CT molecular complexity index is 3640. The molecule has 0 saturated heterocycles. The minimum Gasteiger partial charge on any atom is -0.309 e. The van der Waals surface area contributed by atoms with Crippen LogP contribution in [0.4, 0.5) is 0 Å². The van der Waals surface area contributed by atoms with Crippen molar-refractivity contribution >= 4 is 55.0 Å². The summed E-state index contributed by atoms with van der Waals surface area (Å²) >= 11 is 0.